The van der Waals surface area contributed by atoms with E-state index >= 15 is 0 Å². The molecule has 1 fully saturated rings. The summed E-state index contributed by atoms with van der Waals surface area (Å²) in [6.45, 7) is 0.281. The molecule has 100 valence electrons. The Morgan fingerprint density at radius 2 is 2.11 bits per heavy atom. The van der Waals surface area contributed by atoms with Gasteiger partial charge < -0.3 is 14.7 Å². The van der Waals surface area contributed by atoms with Crippen LogP contribution in [0, 0.1) is 0 Å². The van der Waals surface area contributed by atoms with Gasteiger partial charge in [0.15, 0.2) is 21.3 Å². The molecule has 0 amide bonds. The van der Waals surface area contributed by atoms with Crippen LogP contribution in [0.4, 0.5) is 0 Å². The highest BCUT2D eigenvalue weighted by molar-refractivity contribution is 7.92. The number of nitrogens with one attached hydrogen (secondary N) is 1. The minimum atomic E-state index is -2.91. The number of hydrogen-bond donors (Lipinski definition) is 2. The Hall–Kier alpha value is -1.31. The van der Waals surface area contributed by atoms with Gasteiger partial charge in [0.25, 0.3) is 0 Å². The molecule has 0 spiro atoms. The lowest BCUT2D eigenvalue weighted by Crippen LogP contribution is -2.45. The van der Waals surface area contributed by atoms with E-state index in [1.54, 1.807) is 18.2 Å². The zero-order valence-electron chi connectivity index (χ0n) is 9.92. The molecule has 0 bridgehead atoms. The van der Waals surface area contributed by atoms with Gasteiger partial charge in [-0.15, -0.1) is 0 Å². The Bertz CT molecular complexity index is 516. The van der Waals surface area contributed by atoms with E-state index in [1.807, 2.05) is 0 Å². The maximum atomic E-state index is 11.1. The molecule has 0 aromatic heterocycles. The van der Waals surface area contributed by atoms with Crippen LogP contribution < -0.4 is 15.0 Å². The Morgan fingerprint density at radius 3 is 2.67 bits per heavy atom. The normalized spacial score (nSPS) is 18.1. The molecule has 1 aliphatic rings. The highest BCUT2D eigenvalue weighted by atomic mass is 32.2. The molecule has 7 heteroatoms. The SMILES string of the molecule is COc1ccc(CNO)cc1OC1CS(=O)(=O)C1. The zero-order chi connectivity index (χ0) is 13.2. The van der Waals surface area contributed by atoms with E-state index in [4.69, 9.17) is 14.7 Å². The van der Waals surface area contributed by atoms with Crippen LogP contribution in [0.15, 0.2) is 18.2 Å². The summed E-state index contributed by atoms with van der Waals surface area (Å²) in [6, 6.07) is 5.22. The Labute approximate surface area is 105 Å². The minimum absolute atomic E-state index is 0.0403. The first kappa shape index (κ1) is 13.1. The van der Waals surface area contributed by atoms with Crippen molar-refractivity contribution in [1.82, 2.24) is 5.48 Å². The van der Waals surface area contributed by atoms with Gasteiger partial charge in [0.2, 0.25) is 0 Å². The maximum Gasteiger partial charge on any atom is 0.161 e. The van der Waals surface area contributed by atoms with E-state index in [0.717, 1.165) is 5.56 Å². The van der Waals surface area contributed by atoms with Gasteiger partial charge in [0.1, 0.15) is 6.10 Å². The molecule has 1 aromatic carbocycles. The van der Waals surface area contributed by atoms with Crippen molar-refractivity contribution in [3.05, 3.63) is 23.8 Å². The van der Waals surface area contributed by atoms with Crippen molar-refractivity contribution in [3.63, 3.8) is 0 Å². The molecule has 2 rings (SSSR count). The smallest absolute Gasteiger partial charge is 0.161 e. The molecule has 0 atom stereocenters. The third-order valence-corrected chi connectivity index (χ3v) is 4.44. The zero-order valence-corrected chi connectivity index (χ0v) is 10.7. The third kappa shape index (κ3) is 2.92. The van der Waals surface area contributed by atoms with Crippen molar-refractivity contribution in [2.75, 3.05) is 18.6 Å². The second-order valence-electron chi connectivity index (χ2n) is 4.14. The number of sulfone groups is 1. The first-order chi connectivity index (χ1) is 8.54. The standard InChI is InChI=1S/C11H15NO5S/c1-16-10-3-2-8(5-12-13)4-11(10)17-9-6-18(14,15)7-9/h2-4,9,12-13H,5-7H2,1H3. The summed E-state index contributed by atoms with van der Waals surface area (Å²) in [5.41, 5.74) is 2.87. The summed E-state index contributed by atoms with van der Waals surface area (Å²) in [5.74, 6) is 1.11. The predicted octanol–water partition coefficient (Wildman–Crippen LogP) is 0.350. The monoisotopic (exact) mass is 273 g/mol. The molecule has 0 radical (unpaired) electrons. The van der Waals surface area contributed by atoms with Crippen LogP contribution in [0.2, 0.25) is 0 Å². The van der Waals surface area contributed by atoms with Crippen molar-refractivity contribution in [3.8, 4) is 11.5 Å². The van der Waals surface area contributed by atoms with Gasteiger partial charge >= 0.3 is 0 Å². The molecule has 1 aromatic rings. The summed E-state index contributed by atoms with van der Waals surface area (Å²) in [7, 11) is -1.39. The van der Waals surface area contributed by atoms with Crippen LogP contribution in [0.3, 0.4) is 0 Å². The van der Waals surface area contributed by atoms with Crippen molar-refractivity contribution in [1.29, 1.82) is 0 Å². The topological polar surface area (TPSA) is 84.9 Å². The first-order valence-electron chi connectivity index (χ1n) is 5.45. The van der Waals surface area contributed by atoms with Crippen LogP contribution in [0.25, 0.3) is 0 Å². The van der Waals surface area contributed by atoms with Crippen molar-refractivity contribution >= 4 is 9.84 Å². The molecule has 1 aliphatic heterocycles. The number of rotatable bonds is 5. The highest BCUT2D eigenvalue weighted by Crippen LogP contribution is 2.30. The highest BCUT2D eigenvalue weighted by Gasteiger charge is 2.35. The minimum Gasteiger partial charge on any atom is -0.493 e. The van der Waals surface area contributed by atoms with E-state index in [0.29, 0.717) is 11.5 Å². The molecule has 1 heterocycles. The summed E-state index contributed by atoms with van der Waals surface area (Å²) < 4.78 is 32.8. The van der Waals surface area contributed by atoms with Crippen LogP contribution in [-0.4, -0.2) is 38.3 Å². The summed E-state index contributed by atoms with van der Waals surface area (Å²) in [4.78, 5) is 0. The van der Waals surface area contributed by atoms with E-state index < -0.39 is 9.84 Å². The summed E-state index contributed by atoms with van der Waals surface area (Å²) >= 11 is 0. The molecule has 0 aliphatic carbocycles. The van der Waals surface area contributed by atoms with E-state index in [2.05, 4.69) is 5.48 Å². The number of hydroxylamine groups is 1. The third-order valence-electron chi connectivity index (χ3n) is 2.68. The molecule has 18 heavy (non-hydrogen) atoms. The Kier molecular flexibility index (Phi) is 3.74. The second-order valence-corrected chi connectivity index (χ2v) is 6.29. The van der Waals surface area contributed by atoms with E-state index in [-0.39, 0.29) is 24.2 Å². The molecule has 0 saturated carbocycles. The molecular weight excluding hydrogens is 258 g/mol. The van der Waals surface area contributed by atoms with Gasteiger partial charge in [-0.25, -0.2) is 13.9 Å². The maximum absolute atomic E-state index is 11.1. The van der Waals surface area contributed by atoms with Gasteiger partial charge in [0.05, 0.1) is 18.6 Å². The Balaban J connectivity index is 2.12. The lowest BCUT2D eigenvalue weighted by Gasteiger charge is -2.27. The largest absolute Gasteiger partial charge is 0.493 e. The molecule has 1 saturated heterocycles. The van der Waals surface area contributed by atoms with Gasteiger partial charge in [-0.05, 0) is 17.7 Å². The molecular formula is C11H15NO5S. The van der Waals surface area contributed by atoms with E-state index in [9.17, 15) is 8.42 Å². The van der Waals surface area contributed by atoms with Gasteiger partial charge in [0, 0.05) is 6.54 Å². The lowest BCUT2D eigenvalue weighted by molar-refractivity contribution is 0.161. The lowest BCUT2D eigenvalue weighted by atomic mass is 10.2. The van der Waals surface area contributed by atoms with Crippen LogP contribution in [0.1, 0.15) is 5.56 Å². The number of benzene rings is 1. The first-order valence-corrected chi connectivity index (χ1v) is 7.27. The van der Waals surface area contributed by atoms with Crippen LogP contribution in [0.5, 0.6) is 11.5 Å². The Morgan fingerprint density at radius 1 is 1.39 bits per heavy atom. The summed E-state index contributed by atoms with van der Waals surface area (Å²) in [5, 5.41) is 8.64. The molecule has 0 unspecified atom stereocenters. The molecule has 6 nitrogen and oxygen atoms in total. The number of ether oxygens (including phenoxy) is 2. The number of methoxy groups -OCH3 is 1. The summed E-state index contributed by atoms with van der Waals surface area (Å²) in [6.07, 6.45) is -0.318. The van der Waals surface area contributed by atoms with Crippen molar-refractivity contribution in [2.24, 2.45) is 0 Å². The van der Waals surface area contributed by atoms with Gasteiger partial charge in [-0.3, -0.25) is 0 Å². The van der Waals surface area contributed by atoms with Gasteiger partial charge in [-0.2, -0.15) is 0 Å². The van der Waals surface area contributed by atoms with Crippen LogP contribution >= 0.6 is 0 Å². The van der Waals surface area contributed by atoms with Crippen molar-refractivity contribution in [2.45, 2.75) is 12.6 Å². The molecule has 2 N–H and O–H groups in total. The fraction of sp³-hybridized carbons (Fsp3) is 0.455. The van der Waals surface area contributed by atoms with Crippen LogP contribution in [-0.2, 0) is 16.4 Å². The fourth-order valence-electron chi connectivity index (χ4n) is 1.78. The average Bonchev–Trinajstić information content (AvgIpc) is 2.27. The average molecular weight is 273 g/mol. The fourth-order valence-corrected chi connectivity index (χ4v) is 2.95. The van der Waals surface area contributed by atoms with Gasteiger partial charge in [-0.1, -0.05) is 6.07 Å². The number of hydrogen-bond acceptors (Lipinski definition) is 6. The quantitative estimate of drug-likeness (QED) is 0.753. The van der Waals surface area contributed by atoms with Crippen molar-refractivity contribution < 1.29 is 23.1 Å². The second kappa shape index (κ2) is 5.13. The van der Waals surface area contributed by atoms with E-state index in [1.165, 1.54) is 7.11 Å². The predicted molar refractivity (Wildman–Crippen MR) is 64.7 cm³/mol.